The Hall–Kier alpha value is -2.15. The number of nitriles is 1. The Bertz CT molecular complexity index is 1310. The quantitative estimate of drug-likeness (QED) is 0.405. The van der Waals surface area contributed by atoms with Crippen LogP contribution in [0, 0.1) is 23.2 Å². The average Bonchev–Trinajstić information content (AvgIpc) is 3.28. The molecule has 0 fully saturated rings. The lowest BCUT2D eigenvalue weighted by atomic mass is 9.89. The zero-order valence-electron chi connectivity index (χ0n) is 18.0. The fourth-order valence-corrected chi connectivity index (χ4v) is 8.13. The van der Waals surface area contributed by atoms with E-state index in [0.717, 1.165) is 59.9 Å². The van der Waals surface area contributed by atoms with E-state index in [1.807, 2.05) is 0 Å². The number of carbonyl (C=O) groups is 1. The van der Waals surface area contributed by atoms with E-state index in [-0.39, 0.29) is 17.2 Å². The highest BCUT2D eigenvalue weighted by atomic mass is 32.2. The summed E-state index contributed by atoms with van der Waals surface area (Å²) in [5.74, 6) is 1.17. The Morgan fingerprint density at radius 1 is 1.19 bits per heavy atom. The van der Waals surface area contributed by atoms with Crippen LogP contribution in [0.5, 0.6) is 0 Å². The van der Waals surface area contributed by atoms with Gasteiger partial charge in [0, 0.05) is 9.75 Å². The van der Waals surface area contributed by atoms with Gasteiger partial charge >= 0.3 is 0 Å². The van der Waals surface area contributed by atoms with Gasteiger partial charge < -0.3 is 10.3 Å². The number of nitrogens with zero attached hydrogens (tertiary/aromatic N) is 2. The Morgan fingerprint density at radius 2 is 1.88 bits per heavy atom. The molecule has 2 atom stereocenters. The summed E-state index contributed by atoms with van der Waals surface area (Å²) in [7, 11) is 0. The van der Waals surface area contributed by atoms with Crippen molar-refractivity contribution in [2.45, 2.75) is 57.5 Å². The van der Waals surface area contributed by atoms with Crippen LogP contribution >= 0.6 is 34.4 Å². The van der Waals surface area contributed by atoms with Gasteiger partial charge in [-0.1, -0.05) is 25.6 Å². The zero-order valence-corrected chi connectivity index (χ0v) is 20.5. The summed E-state index contributed by atoms with van der Waals surface area (Å²) in [5.41, 5.74) is 2.76. The van der Waals surface area contributed by atoms with Gasteiger partial charge in [0.15, 0.2) is 5.16 Å². The number of aromatic amines is 1. The fourth-order valence-electron chi connectivity index (χ4n) is 4.65. The first-order valence-electron chi connectivity index (χ1n) is 10.9. The van der Waals surface area contributed by atoms with Crippen molar-refractivity contribution in [1.82, 2.24) is 9.97 Å². The molecule has 9 heteroatoms. The van der Waals surface area contributed by atoms with Gasteiger partial charge in [0.25, 0.3) is 5.56 Å². The predicted octanol–water partition coefficient (Wildman–Crippen LogP) is 4.90. The lowest BCUT2D eigenvalue weighted by Gasteiger charge is -2.17. The molecule has 0 saturated heterocycles. The lowest BCUT2D eigenvalue weighted by molar-refractivity contribution is -0.113. The van der Waals surface area contributed by atoms with Gasteiger partial charge in [-0.3, -0.25) is 9.59 Å². The molecular weight excluding hydrogens is 460 g/mol. The zero-order chi connectivity index (χ0) is 22.4. The fraction of sp³-hybridized carbons (Fsp3) is 0.478. The largest absolute Gasteiger partial charge is 0.316 e. The van der Waals surface area contributed by atoms with E-state index in [0.29, 0.717) is 27.6 Å². The van der Waals surface area contributed by atoms with E-state index in [1.54, 1.807) is 11.3 Å². The maximum atomic E-state index is 12.7. The molecule has 5 rings (SSSR count). The highest BCUT2D eigenvalue weighted by molar-refractivity contribution is 7.99. The second-order valence-corrected chi connectivity index (χ2v) is 12.1. The number of hydrogen-bond acceptors (Lipinski definition) is 7. The average molecular weight is 485 g/mol. The van der Waals surface area contributed by atoms with Crippen LogP contribution in [0.1, 0.15) is 53.1 Å². The number of carbonyl (C=O) groups excluding carboxylic acids is 1. The van der Waals surface area contributed by atoms with Gasteiger partial charge in [-0.2, -0.15) is 5.26 Å². The molecule has 3 aromatic rings. The molecule has 3 heterocycles. The van der Waals surface area contributed by atoms with Crippen LogP contribution in [0.15, 0.2) is 9.95 Å². The first kappa shape index (κ1) is 21.7. The van der Waals surface area contributed by atoms with Crippen molar-refractivity contribution in [1.29, 1.82) is 5.26 Å². The Kier molecular flexibility index (Phi) is 5.86. The standard InChI is InChI=1S/C23H24N4O2S3/c1-11-3-5-13-15(9-24)21(31-16(13)7-11)25-18(28)10-30-23-26-20(29)19-14-6-4-12(2)8-17(14)32-22(19)27-23/h11-12H,3-8,10H2,1-2H3,(H,25,28)(H,26,27,29). The minimum atomic E-state index is -0.194. The number of hydrogen-bond donors (Lipinski definition) is 2. The first-order valence-corrected chi connectivity index (χ1v) is 13.6. The number of thioether (sulfide) groups is 1. The van der Waals surface area contributed by atoms with Gasteiger partial charge in [-0.15, -0.1) is 22.7 Å². The molecule has 2 N–H and O–H groups in total. The van der Waals surface area contributed by atoms with Crippen LogP contribution in [0.4, 0.5) is 5.00 Å². The minimum Gasteiger partial charge on any atom is -0.316 e. The van der Waals surface area contributed by atoms with Crippen molar-refractivity contribution in [2.75, 3.05) is 11.1 Å². The van der Waals surface area contributed by atoms with E-state index in [1.165, 1.54) is 32.9 Å². The highest BCUT2D eigenvalue weighted by Gasteiger charge is 2.25. The van der Waals surface area contributed by atoms with Crippen LogP contribution in [0.3, 0.4) is 0 Å². The summed E-state index contributed by atoms with van der Waals surface area (Å²) in [6, 6.07) is 2.28. The number of nitrogens with one attached hydrogen (secondary N) is 2. The molecule has 0 radical (unpaired) electrons. The monoisotopic (exact) mass is 484 g/mol. The molecule has 0 aliphatic heterocycles. The van der Waals surface area contributed by atoms with E-state index in [2.05, 4.69) is 35.2 Å². The van der Waals surface area contributed by atoms with Crippen molar-refractivity contribution in [3.05, 3.63) is 36.8 Å². The summed E-state index contributed by atoms with van der Waals surface area (Å²) < 4.78 is 0. The third-order valence-electron chi connectivity index (χ3n) is 6.36. The van der Waals surface area contributed by atoms with Crippen molar-refractivity contribution in [2.24, 2.45) is 11.8 Å². The highest BCUT2D eigenvalue weighted by Crippen LogP contribution is 2.39. The topological polar surface area (TPSA) is 98.6 Å². The van der Waals surface area contributed by atoms with Gasteiger partial charge in [0.2, 0.25) is 5.91 Å². The van der Waals surface area contributed by atoms with Gasteiger partial charge in [-0.05, 0) is 61.5 Å². The number of aryl methyl sites for hydroxylation is 1. The summed E-state index contributed by atoms with van der Waals surface area (Å²) in [5, 5.41) is 14.4. The summed E-state index contributed by atoms with van der Waals surface area (Å²) in [6.45, 7) is 4.46. The molecule has 2 unspecified atom stereocenters. The molecule has 3 aromatic heterocycles. The SMILES string of the molecule is CC1CCc2c(sc(NC(=O)CSc3nc4sc5c(c4c(=O)[nH]3)CCC(C)C5)c2C#N)C1. The first-order chi connectivity index (χ1) is 15.4. The van der Waals surface area contributed by atoms with Crippen molar-refractivity contribution in [3.8, 4) is 6.07 Å². The Morgan fingerprint density at radius 3 is 2.59 bits per heavy atom. The Balaban J connectivity index is 1.31. The van der Waals surface area contributed by atoms with Crippen molar-refractivity contribution < 1.29 is 4.79 Å². The number of amides is 1. The smallest absolute Gasteiger partial charge is 0.260 e. The Labute approximate surface area is 198 Å². The van der Waals surface area contributed by atoms with Crippen molar-refractivity contribution in [3.63, 3.8) is 0 Å². The van der Waals surface area contributed by atoms with Gasteiger partial charge in [0.1, 0.15) is 15.9 Å². The molecule has 6 nitrogen and oxygen atoms in total. The van der Waals surface area contributed by atoms with Crippen LogP contribution < -0.4 is 10.9 Å². The third kappa shape index (κ3) is 4.00. The number of rotatable bonds is 4. The second kappa shape index (κ2) is 8.65. The number of aromatic nitrogens is 2. The van der Waals surface area contributed by atoms with E-state index in [4.69, 9.17) is 0 Å². The predicted molar refractivity (Wildman–Crippen MR) is 131 cm³/mol. The van der Waals surface area contributed by atoms with E-state index in [9.17, 15) is 14.9 Å². The van der Waals surface area contributed by atoms with Crippen LogP contribution in [-0.2, 0) is 30.5 Å². The summed E-state index contributed by atoms with van der Waals surface area (Å²) >= 11 is 4.36. The number of H-pyrrole nitrogens is 1. The number of thiophene rings is 2. The molecule has 0 saturated carbocycles. The maximum absolute atomic E-state index is 12.7. The van der Waals surface area contributed by atoms with Crippen LogP contribution in [-0.4, -0.2) is 21.6 Å². The van der Waals surface area contributed by atoms with E-state index < -0.39 is 0 Å². The van der Waals surface area contributed by atoms with Crippen LogP contribution in [0.25, 0.3) is 10.2 Å². The molecule has 2 aliphatic carbocycles. The molecule has 0 bridgehead atoms. The normalized spacial score (nSPS) is 19.9. The van der Waals surface area contributed by atoms with Crippen LogP contribution in [0.2, 0.25) is 0 Å². The number of anilines is 1. The minimum absolute atomic E-state index is 0.114. The van der Waals surface area contributed by atoms with E-state index >= 15 is 0 Å². The second-order valence-electron chi connectivity index (χ2n) is 8.91. The molecule has 2 aliphatic rings. The lowest BCUT2D eigenvalue weighted by Crippen LogP contribution is -2.16. The molecule has 32 heavy (non-hydrogen) atoms. The molecule has 0 spiro atoms. The summed E-state index contributed by atoms with van der Waals surface area (Å²) in [6.07, 6.45) is 5.98. The molecule has 0 aromatic carbocycles. The maximum Gasteiger partial charge on any atom is 0.260 e. The summed E-state index contributed by atoms with van der Waals surface area (Å²) in [4.78, 5) is 36.1. The molecule has 1 amide bonds. The molecule has 166 valence electrons. The third-order valence-corrected chi connectivity index (χ3v) is 9.55. The van der Waals surface area contributed by atoms with Gasteiger partial charge in [0.05, 0.1) is 16.7 Å². The van der Waals surface area contributed by atoms with Crippen molar-refractivity contribution >= 4 is 55.6 Å². The number of fused-ring (bicyclic) bond motifs is 4. The molecular formula is C23H24N4O2S3. The van der Waals surface area contributed by atoms with Gasteiger partial charge in [-0.25, -0.2) is 4.98 Å².